The fourth-order valence-electron chi connectivity index (χ4n) is 1.97. The molecule has 1 aromatic heterocycles. The average Bonchev–Trinajstić information content (AvgIpc) is 2.53. The van der Waals surface area contributed by atoms with Gasteiger partial charge in [-0.2, -0.15) is 0 Å². The van der Waals surface area contributed by atoms with E-state index in [-0.39, 0.29) is 0 Å². The van der Waals surface area contributed by atoms with Crippen molar-refractivity contribution in [3.63, 3.8) is 0 Å². The van der Waals surface area contributed by atoms with Crippen LogP contribution in [0.1, 0.15) is 18.9 Å². The minimum absolute atomic E-state index is 0.817. The molecule has 0 aliphatic rings. The van der Waals surface area contributed by atoms with Gasteiger partial charge in [0.1, 0.15) is 23.7 Å². The van der Waals surface area contributed by atoms with Crippen molar-refractivity contribution in [3.05, 3.63) is 42.2 Å². The third-order valence-electron chi connectivity index (χ3n) is 3.08. The van der Waals surface area contributed by atoms with E-state index in [1.807, 2.05) is 18.2 Å². The van der Waals surface area contributed by atoms with Crippen LogP contribution >= 0.6 is 0 Å². The van der Waals surface area contributed by atoms with Crippen LogP contribution in [0.2, 0.25) is 0 Å². The van der Waals surface area contributed by atoms with E-state index in [2.05, 4.69) is 39.7 Å². The lowest BCUT2D eigenvalue weighted by atomic mass is 10.1. The molecule has 0 bridgehead atoms. The molecule has 2 aromatic rings. The molecular formula is C16H22N4O. The molecule has 0 fully saturated rings. The molecule has 0 unspecified atom stereocenters. The normalized spacial score (nSPS) is 10.2. The Morgan fingerprint density at radius 1 is 1.05 bits per heavy atom. The number of aromatic nitrogens is 2. The van der Waals surface area contributed by atoms with Crippen molar-refractivity contribution in [3.8, 4) is 5.75 Å². The third-order valence-corrected chi connectivity index (χ3v) is 3.08. The summed E-state index contributed by atoms with van der Waals surface area (Å²) in [6, 6.07) is 10.0. The molecule has 0 aliphatic heterocycles. The summed E-state index contributed by atoms with van der Waals surface area (Å²) in [5, 5.41) is 6.57. The van der Waals surface area contributed by atoms with Crippen LogP contribution in [0, 0.1) is 0 Å². The van der Waals surface area contributed by atoms with Gasteiger partial charge in [-0.25, -0.2) is 9.97 Å². The minimum Gasteiger partial charge on any atom is -0.497 e. The predicted octanol–water partition coefficient (Wildman–Crippen LogP) is 2.96. The van der Waals surface area contributed by atoms with Gasteiger partial charge < -0.3 is 15.4 Å². The second kappa shape index (κ2) is 8.09. The fourth-order valence-corrected chi connectivity index (χ4v) is 1.97. The smallest absolute Gasteiger partial charge is 0.131 e. The van der Waals surface area contributed by atoms with Crippen LogP contribution in [0.25, 0.3) is 0 Å². The van der Waals surface area contributed by atoms with Crippen LogP contribution in [-0.4, -0.2) is 30.2 Å². The maximum Gasteiger partial charge on any atom is 0.131 e. The topological polar surface area (TPSA) is 59.1 Å². The van der Waals surface area contributed by atoms with Gasteiger partial charge in [0.15, 0.2) is 0 Å². The Labute approximate surface area is 125 Å². The number of anilines is 2. The molecule has 0 saturated carbocycles. The van der Waals surface area contributed by atoms with Crippen molar-refractivity contribution in [2.24, 2.45) is 0 Å². The predicted molar refractivity (Wildman–Crippen MR) is 86.0 cm³/mol. The van der Waals surface area contributed by atoms with Gasteiger partial charge in [-0.05, 0) is 30.5 Å². The monoisotopic (exact) mass is 286 g/mol. The number of nitrogens with one attached hydrogen (secondary N) is 2. The number of hydrogen-bond acceptors (Lipinski definition) is 5. The Hall–Kier alpha value is -2.30. The molecule has 21 heavy (non-hydrogen) atoms. The Morgan fingerprint density at radius 3 is 2.52 bits per heavy atom. The zero-order chi connectivity index (χ0) is 14.9. The Kier molecular flexibility index (Phi) is 5.82. The first-order valence-electron chi connectivity index (χ1n) is 7.24. The van der Waals surface area contributed by atoms with Gasteiger partial charge >= 0.3 is 0 Å². The van der Waals surface area contributed by atoms with Crippen molar-refractivity contribution >= 4 is 11.6 Å². The molecule has 0 amide bonds. The number of benzene rings is 1. The Bertz CT molecular complexity index is 559. The van der Waals surface area contributed by atoms with E-state index in [1.54, 1.807) is 13.4 Å². The summed E-state index contributed by atoms with van der Waals surface area (Å²) >= 11 is 0. The SMILES string of the molecule is CCCNc1cc(NCCc2cccc(OC)c2)ncn1. The van der Waals surface area contributed by atoms with Crippen LogP contribution < -0.4 is 15.4 Å². The first kappa shape index (κ1) is 15.1. The number of methoxy groups -OCH3 is 1. The van der Waals surface area contributed by atoms with E-state index in [0.717, 1.165) is 43.3 Å². The molecule has 2 N–H and O–H groups in total. The highest BCUT2D eigenvalue weighted by molar-refractivity contribution is 5.46. The van der Waals surface area contributed by atoms with E-state index < -0.39 is 0 Å². The average molecular weight is 286 g/mol. The second-order valence-electron chi connectivity index (χ2n) is 4.74. The largest absolute Gasteiger partial charge is 0.497 e. The molecule has 1 heterocycles. The highest BCUT2D eigenvalue weighted by Gasteiger charge is 1.99. The van der Waals surface area contributed by atoms with Crippen LogP contribution in [0.3, 0.4) is 0 Å². The number of rotatable bonds is 8. The molecular weight excluding hydrogens is 264 g/mol. The van der Waals surface area contributed by atoms with E-state index in [9.17, 15) is 0 Å². The Morgan fingerprint density at radius 2 is 1.81 bits per heavy atom. The van der Waals surface area contributed by atoms with Crippen molar-refractivity contribution in [1.29, 1.82) is 0 Å². The van der Waals surface area contributed by atoms with Gasteiger partial charge in [0.05, 0.1) is 7.11 Å². The summed E-state index contributed by atoms with van der Waals surface area (Å²) in [5.41, 5.74) is 1.24. The van der Waals surface area contributed by atoms with E-state index in [0.29, 0.717) is 0 Å². The first-order chi connectivity index (χ1) is 10.3. The number of hydrogen-bond donors (Lipinski definition) is 2. The Balaban J connectivity index is 1.85. The van der Waals surface area contributed by atoms with Crippen LogP contribution in [-0.2, 0) is 6.42 Å². The lowest BCUT2D eigenvalue weighted by molar-refractivity contribution is 0.414. The summed E-state index contributed by atoms with van der Waals surface area (Å²) in [6.45, 7) is 3.86. The fraction of sp³-hybridized carbons (Fsp3) is 0.375. The quantitative estimate of drug-likeness (QED) is 0.781. The van der Waals surface area contributed by atoms with Crippen molar-refractivity contribution in [2.75, 3.05) is 30.8 Å². The minimum atomic E-state index is 0.817. The zero-order valence-corrected chi connectivity index (χ0v) is 12.6. The molecule has 0 saturated heterocycles. The molecule has 0 spiro atoms. The molecule has 0 atom stereocenters. The van der Waals surface area contributed by atoms with Gasteiger partial charge in [-0.15, -0.1) is 0 Å². The molecule has 5 heteroatoms. The van der Waals surface area contributed by atoms with E-state index in [1.165, 1.54) is 5.56 Å². The first-order valence-corrected chi connectivity index (χ1v) is 7.24. The maximum absolute atomic E-state index is 5.22. The van der Waals surface area contributed by atoms with Crippen molar-refractivity contribution in [2.45, 2.75) is 19.8 Å². The van der Waals surface area contributed by atoms with Gasteiger partial charge in [0.2, 0.25) is 0 Å². The van der Waals surface area contributed by atoms with E-state index >= 15 is 0 Å². The highest BCUT2D eigenvalue weighted by atomic mass is 16.5. The van der Waals surface area contributed by atoms with E-state index in [4.69, 9.17) is 4.74 Å². The van der Waals surface area contributed by atoms with Gasteiger partial charge in [0.25, 0.3) is 0 Å². The lowest BCUT2D eigenvalue weighted by Crippen LogP contribution is -2.08. The highest BCUT2D eigenvalue weighted by Crippen LogP contribution is 2.13. The molecule has 5 nitrogen and oxygen atoms in total. The van der Waals surface area contributed by atoms with Crippen molar-refractivity contribution < 1.29 is 4.74 Å². The van der Waals surface area contributed by atoms with Crippen LogP contribution in [0.4, 0.5) is 11.6 Å². The third kappa shape index (κ3) is 4.95. The molecule has 2 rings (SSSR count). The zero-order valence-electron chi connectivity index (χ0n) is 12.6. The number of ether oxygens (including phenoxy) is 1. The standard InChI is InChI=1S/C16H22N4O/c1-3-8-17-15-11-16(20-12-19-15)18-9-7-13-5-4-6-14(10-13)21-2/h4-6,10-12H,3,7-9H2,1-2H3,(H2,17,18,19,20). The van der Waals surface area contributed by atoms with Crippen LogP contribution in [0.5, 0.6) is 5.75 Å². The van der Waals surface area contributed by atoms with Crippen molar-refractivity contribution in [1.82, 2.24) is 9.97 Å². The van der Waals surface area contributed by atoms with Gasteiger partial charge in [-0.1, -0.05) is 19.1 Å². The maximum atomic E-state index is 5.22. The van der Waals surface area contributed by atoms with Gasteiger partial charge in [0, 0.05) is 19.2 Å². The molecule has 0 aliphatic carbocycles. The molecule has 1 aromatic carbocycles. The second-order valence-corrected chi connectivity index (χ2v) is 4.74. The summed E-state index contributed by atoms with van der Waals surface area (Å²) in [5.74, 6) is 2.59. The number of nitrogens with zero attached hydrogens (tertiary/aromatic N) is 2. The molecule has 0 radical (unpaired) electrons. The lowest BCUT2D eigenvalue weighted by Gasteiger charge is -2.08. The summed E-state index contributed by atoms with van der Waals surface area (Å²) in [6.07, 6.45) is 3.56. The van der Waals surface area contributed by atoms with Gasteiger partial charge in [-0.3, -0.25) is 0 Å². The summed E-state index contributed by atoms with van der Waals surface area (Å²) < 4.78 is 5.22. The molecule has 112 valence electrons. The summed E-state index contributed by atoms with van der Waals surface area (Å²) in [7, 11) is 1.68. The van der Waals surface area contributed by atoms with Crippen LogP contribution in [0.15, 0.2) is 36.7 Å². The summed E-state index contributed by atoms with van der Waals surface area (Å²) in [4.78, 5) is 8.41.